The number of aliphatic hydroxyl groups is 1. The minimum Gasteiger partial charge on any atom is -0.394 e. The van der Waals surface area contributed by atoms with Crippen LogP contribution in [0.1, 0.15) is 41.0 Å². The van der Waals surface area contributed by atoms with E-state index in [0.717, 1.165) is 19.5 Å². The fourth-order valence-corrected chi connectivity index (χ4v) is 1.70. The molecule has 0 rings (SSSR count). The molecule has 0 heterocycles. The molecular formula is C13H30N2O. The zero-order valence-electron chi connectivity index (χ0n) is 11.9. The normalized spacial score (nSPS) is 16.1. The predicted octanol–water partition coefficient (Wildman–Crippen LogP) is 1.71. The second-order valence-corrected chi connectivity index (χ2v) is 5.70. The highest BCUT2D eigenvalue weighted by Crippen LogP contribution is 2.12. The summed E-state index contributed by atoms with van der Waals surface area (Å²) in [4.78, 5) is 2.48. The van der Waals surface area contributed by atoms with Crippen LogP contribution in [-0.2, 0) is 0 Å². The maximum atomic E-state index is 9.34. The number of hydrogen-bond acceptors (Lipinski definition) is 3. The Balaban J connectivity index is 4.20. The molecule has 3 nitrogen and oxygen atoms in total. The summed E-state index contributed by atoms with van der Waals surface area (Å²) in [7, 11) is 1.92. The van der Waals surface area contributed by atoms with Crippen LogP contribution >= 0.6 is 0 Å². The molecule has 98 valence electrons. The molecule has 0 saturated heterocycles. The molecule has 0 bridgehead atoms. The summed E-state index contributed by atoms with van der Waals surface area (Å²) in [6, 6.07) is 0.571. The van der Waals surface area contributed by atoms with Gasteiger partial charge in [-0.15, -0.1) is 0 Å². The fourth-order valence-electron chi connectivity index (χ4n) is 1.70. The fraction of sp³-hybridized carbons (Fsp3) is 1.00. The van der Waals surface area contributed by atoms with Crippen molar-refractivity contribution in [3.05, 3.63) is 0 Å². The van der Waals surface area contributed by atoms with Gasteiger partial charge in [0.25, 0.3) is 0 Å². The van der Waals surface area contributed by atoms with Crippen molar-refractivity contribution in [1.29, 1.82) is 0 Å². The molecule has 0 aromatic heterocycles. The van der Waals surface area contributed by atoms with Crippen molar-refractivity contribution in [2.75, 3.05) is 26.7 Å². The lowest BCUT2D eigenvalue weighted by Crippen LogP contribution is -2.47. The summed E-state index contributed by atoms with van der Waals surface area (Å²) in [6.07, 6.45) is 0.977. The van der Waals surface area contributed by atoms with Gasteiger partial charge in [-0.1, -0.05) is 13.8 Å². The van der Waals surface area contributed by atoms with Crippen LogP contribution in [0.4, 0.5) is 0 Å². The number of rotatable bonds is 8. The molecule has 1 unspecified atom stereocenters. The minimum atomic E-state index is -0.149. The zero-order valence-corrected chi connectivity index (χ0v) is 11.9. The van der Waals surface area contributed by atoms with Crippen LogP contribution in [0.5, 0.6) is 0 Å². The third-order valence-electron chi connectivity index (χ3n) is 3.23. The molecule has 0 spiro atoms. The van der Waals surface area contributed by atoms with Crippen LogP contribution in [0.2, 0.25) is 0 Å². The Morgan fingerprint density at radius 2 is 1.81 bits per heavy atom. The number of likely N-dealkylation sites (N-methyl/N-ethyl adjacent to an activating group) is 1. The Hall–Kier alpha value is -0.120. The lowest BCUT2D eigenvalue weighted by molar-refractivity contribution is 0.133. The topological polar surface area (TPSA) is 35.5 Å². The third-order valence-corrected chi connectivity index (χ3v) is 3.23. The van der Waals surface area contributed by atoms with E-state index in [0.29, 0.717) is 12.0 Å². The van der Waals surface area contributed by atoms with Crippen molar-refractivity contribution in [1.82, 2.24) is 10.2 Å². The van der Waals surface area contributed by atoms with Gasteiger partial charge < -0.3 is 15.3 Å². The number of hydrogen-bond donors (Lipinski definition) is 2. The molecule has 0 aromatic rings. The SMILES string of the molecule is CNC(C)(CO)CCN(CC(C)C)C(C)C. The maximum Gasteiger partial charge on any atom is 0.0610 e. The summed E-state index contributed by atoms with van der Waals surface area (Å²) in [5.41, 5.74) is -0.149. The zero-order chi connectivity index (χ0) is 12.8. The molecular weight excluding hydrogens is 200 g/mol. The summed E-state index contributed by atoms with van der Waals surface area (Å²) >= 11 is 0. The first kappa shape index (κ1) is 15.9. The van der Waals surface area contributed by atoms with Crippen molar-refractivity contribution in [3.63, 3.8) is 0 Å². The van der Waals surface area contributed by atoms with Gasteiger partial charge in [0.15, 0.2) is 0 Å². The summed E-state index contributed by atoms with van der Waals surface area (Å²) in [6.45, 7) is 13.4. The summed E-state index contributed by atoms with van der Waals surface area (Å²) in [5.74, 6) is 0.692. The first-order valence-electron chi connectivity index (χ1n) is 6.38. The van der Waals surface area contributed by atoms with Gasteiger partial charge in [0.1, 0.15) is 0 Å². The number of nitrogens with zero attached hydrogens (tertiary/aromatic N) is 1. The summed E-state index contributed by atoms with van der Waals surface area (Å²) in [5, 5.41) is 12.5. The molecule has 0 aliphatic heterocycles. The van der Waals surface area contributed by atoms with Crippen molar-refractivity contribution in [2.24, 2.45) is 5.92 Å². The van der Waals surface area contributed by atoms with Gasteiger partial charge >= 0.3 is 0 Å². The molecule has 3 heteroatoms. The quantitative estimate of drug-likeness (QED) is 0.666. The lowest BCUT2D eigenvalue weighted by Gasteiger charge is -2.33. The third kappa shape index (κ3) is 5.83. The largest absolute Gasteiger partial charge is 0.394 e. The van der Waals surface area contributed by atoms with E-state index in [1.807, 2.05) is 7.05 Å². The van der Waals surface area contributed by atoms with E-state index >= 15 is 0 Å². The van der Waals surface area contributed by atoms with Crippen molar-refractivity contribution >= 4 is 0 Å². The Labute approximate surface area is 101 Å². The van der Waals surface area contributed by atoms with E-state index in [4.69, 9.17) is 0 Å². The van der Waals surface area contributed by atoms with Crippen LogP contribution in [0, 0.1) is 5.92 Å². The predicted molar refractivity (Wildman–Crippen MR) is 70.7 cm³/mol. The summed E-state index contributed by atoms with van der Waals surface area (Å²) < 4.78 is 0. The molecule has 0 aliphatic carbocycles. The standard InChI is InChI=1S/C13H30N2O/c1-11(2)9-15(12(3)4)8-7-13(5,10-16)14-6/h11-12,14,16H,7-10H2,1-6H3. The van der Waals surface area contributed by atoms with Crippen molar-refractivity contribution in [3.8, 4) is 0 Å². The molecule has 2 N–H and O–H groups in total. The molecule has 0 radical (unpaired) electrons. The lowest BCUT2D eigenvalue weighted by atomic mass is 9.98. The van der Waals surface area contributed by atoms with Gasteiger partial charge in [0, 0.05) is 24.7 Å². The van der Waals surface area contributed by atoms with Gasteiger partial charge in [-0.3, -0.25) is 0 Å². The van der Waals surface area contributed by atoms with Crippen LogP contribution in [0.15, 0.2) is 0 Å². The Morgan fingerprint density at radius 3 is 2.12 bits per heavy atom. The van der Waals surface area contributed by atoms with Gasteiger partial charge in [0.05, 0.1) is 6.61 Å². The van der Waals surface area contributed by atoms with Crippen molar-refractivity contribution < 1.29 is 5.11 Å². The monoisotopic (exact) mass is 230 g/mol. The highest BCUT2D eigenvalue weighted by Gasteiger charge is 2.22. The molecule has 0 saturated carbocycles. The highest BCUT2D eigenvalue weighted by atomic mass is 16.3. The highest BCUT2D eigenvalue weighted by molar-refractivity contribution is 4.82. The van der Waals surface area contributed by atoms with Gasteiger partial charge in [-0.25, -0.2) is 0 Å². The van der Waals surface area contributed by atoms with Crippen LogP contribution in [0.25, 0.3) is 0 Å². The Morgan fingerprint density at radius 1 is 1.25 bits per heavy atom. The average Bonchev–Trinajstić information content (AvgIpc) is 2.23. The molecule has 1 atom stereocenters. The minimum absolute atomic E-state index is 0.149. The van der Waals surface area contributed by atoms with E-state index < -0.39 is 0 Å². The van der Waals surface area contributed by atoms with Crippen molar-refractivity contribution in [2.45, 2.75) is 52.6 Å². The second kappa shape index (κ2) is 7.25. The van der Waals surface area contributed by atoms with E-state index in [1.54, 1.807) is 0 Å². The molecule has 16 heavy (non-hydrogen) atoms. The van der Waals surface area contributed by atoms with Crippen LogP contribution < -0.4 is 5.32 Å². The number of nitrogens with one attached hydrogen (secondary N) is 1. The Kier molecular flexibility index (Phi) is 7.20. The molecule has 0 fully saturated rings. The maximum absolute atomic E-state index is 9.34. The van der Waals surface area contributed by atoms with E-state index in [1.165, 1.54) is 0 Å². The van der Waals surface area contributed by atoms with E-state index in [2.05, 4.69) is 44.8 Å². The van der Waals surface area contributed by atoms with Gasteiger partial charge in [-0.05, 0) is 40.2 Å². The molecule has 0 amide bonds. The first-order chi connectivity index (χ1) is 7.34. The van der Waals surface area contributed by atoms with Crippen LogP contribution in [-0.4, -0.2) is 48.3 Å². The van der Waals surface area contributed by atoms with E-state index in [-0.39, 0.29) is 12.1 Å². The van der Waals surface area contributed by atoms with Gasteiger partial charge in [0.2, 0.25) is 0 Å². The van der Waals surface area contributed by atoms with E-state index in [9.17, 15) is 5.11 Å². The average molecular weight is 230 g/mol. The van der Waals surface area contributed by atoms with Gasteiger partial charge in [-0.2, -0.15) is 0 Å². The molecule has 0 aromatic carbocycles. The first-order valence-corrected chi connectivity index (χ1v) is 6.38. The smallest absolute Gasteiger partial charge is 0.0610 e. The Bertz CT molecular complexity index is 177. The molecule has 0 aliphatic rings. The second-order valence-electron chi connectivity index (χ2n) is 5.70. The van der Waals surface area contributed by atoms with Crippen LogP contribution in [0.3, 0.4) is 0 Å². The number of aliphatic hydroxyl groups excluding tert-OH is 1.